The van der Waals surface area contributed by atoms with Gasteiger partial charge in [-0.05, 0) is 37.6 Å². The van der Waals surface area contributed by atoms with Crippen LogP contribution in [0.15, 0.2) is 18.2 Å². The maximum Gasteiger partial charge on any atom is 0.389 e. The standard InChI is InChI=1S/C14H18F3NO/c1-9-7-11-8-10(3-4-13(11)19-9)12(18-2)5-6-14(15,16)17/h3-4,8-9,12,18H,5-7H2,1-2H3. The Morgan fingerprint density at radius 3 is 2.79 bits per heavy atom. The number of alkyl halides is 3. The summed E-state index contributed by atoms with van der Waals surface area (Å²) in [6.45, 7) is 1.98. The van der Waals surface area contributed by atoms with Gasteiger partial charge in [-0.2, -0.15) is 13.2 Å². The van der Waals surface area contributed by atoms with Crippen LogP contribution in [0.1, 0.15) is 36.9 Å². The predicted molar refractivity (Wildman–Crippen MR) is 67.3 cm³/mol. The summed E-state index contributed by atoms with van der Waals surface area (Å²) in [5, 5.41) is 2.95. The molecule has 0 bridgehead atoms. The minimum absolute atomic E-state index is 0.0508. The first-order chi connectivity index (χ1) is 8.89. The summed E-state index contributed by atoms with van der Waals surface area (Å²) < 4.78 is 42.5. The fourth-order valence-electron chi connectivity index (χ4n) is 2.44. The highest BCUT2D eigenvalue weighted by atomic mass is 19.4. The number of ether oxygens (including phenoxy) is 1. The van der Waals surface area contributed by atoms with Crippen molar-refractivity contribution in [1.29, 1.82) is 0 Å². The van der Waals surface area contributed by atoms with E-state index in [0.717, 1.165) is 23.3 Å². The molecule has 0 radical (unpaired) electrons. The van der Waals surface area contributed by atoms with Crippen molar-refractivity contribution < 1.29 is 17.9 Å². The molecule has 0 fully saturated rings. The molecule has 2 unspecified atom stereocenters. The fourth-order valence-corrected chi connectivity index (χ4v) is 2.44. The lowest BCUT2D eigenvalue weighted by molar-refractivity contribution is -0.136. The van der Waals surface area contributed by atoms with Gasteiger partial charge in [0, 0.05) is 18.9 Å². The van der Waals surface area contributed by atoms with Crippen LogP contribution < -0.4 is 10.1 Å². The molecule has 1 heterocycles. The molecule has 19 heavy (non-hydrogen) atoms. The Morgan fingerprint density at radius 2 is 2.16 bits per heavy atom. The zero-order valence-corrected chi connectivity index (χ0v) is 11.1. The van der Waals surface area contributed by atoms with Crippen molar-refractivity contribution >= 4 is 0 Å². The second-order valence-corrected chi connectivity index (χ2v) is 4.99. The van der Waals surface area contributed by atoms with Gasteiger partial charge in [-0.15, -0.1) is 0 Å². The van der Waals surface area contributed by atoms with E-state index >= 15 is 0 Å². The van der Waals surface area contributed by atoms with Gasteiger partial charge in [-0.1, -0.05) is 12.1 Å². The molecule has 0 spiro atoms. The summed E-state index contributed by atoms with van der Waals surface area (Å²) in [5.74, 6) is 0.849. The van der Waals surface area contributed by atoms with E-state index < -0.39 is 12.6 Å². The Kier molecular flexibility index (Phi) is 4.04. The van der Waals surface area contributed by atoms with Crippen LogP contribution in [0.4, 0.5) is 13.2 Å². The summed E-state index contributed by atoms with van der Waals surface area (Å²) in [7, 11) is 1.69. The van der Waals surface area contributed by atoms with E-state index in [-0.39, 0.29) is 18.6 Å². The van der Waals surface area contributed by atoms with E-state index in [9.17, 15) is 13.2 Å². The third-order valence-corrected chi connectivity index (χ3v) is 3.39. The average Bonchev–Trinajstić information content (AvgIpc) is 2.67. The summed E-state index contributed by atoms with van der Waals surface area (Å²) >= 11 is 0. The lowest BCUT2D eigenvalue weighted by Gasteiger charge is -2.18. The number of benzene rings is 1. The Labute approximate surface area is 111 Å². The molecule has 0 aliphatic carbocycles. The maximum atomic E-state index is 12.3. The zero-order valence-electron chi connectivity index (χ0n) is 11.1. The van der Waals surface area contributed by atoms with Crippen LogP contribution in [0, 0.1) is 0 Å². The van der Waals surface area contributed by atoms with Crippen molar-refractivity contribution in [3.05, 3.63) is 29.3 Å². The second kappa shape index (κ2) is 5.41. The zero-order chi connectivity index (χ0) is 14.0. The number of hydrogen-bond acceptors (Lipinski definition) is 2. The SMILES string of the molecule is CNC(CCC(F)(F)F)c1ccc2c(c1)CC(C)O2. The van der Waals surface area contributed by atoms with Crippen LogP contribution in [-0.4, -0.2) is 19.3 Å². The average molecular weight is 273 g/mol. The second-order valence-electron chi connectivity index (χ2n) is 4.99. The van der Waals surface area contributed by atoms with E-state index in [4.69, 9.17) is 4.74 Å². The van der Waals surface area contributed by atoms with Crippen molar-refractivity contribution in [1.82, 2.24) is 5.32 Å². The summed E-state index contributed by atoms with van der Waals surface area (Å²) in [6.07, 6.45) is -3.87. The largest absolute Gasteiger partial charge is 0.490 e. The molecule has 1 aliphatic heterocycles. The molecule has 2 nitrogen and oxygen atoms in total. The highest BCUT2D eigenvalue weighted by Gasteiger charge is 2.29. The molecular formula is C14H18F3NO. The summed E-state index contributed by atoms with van der Waals surface area (Å²) in [6, 6.07) is 5.37. The monoisotopic (exact) mass is 273 g/mol. The van der Waals surface area contributed by atoms with Gasteiger partial charge in [0.05, 0.1) is 0 Å². The molecule has 1 aromatic carbocycles. The molecule has 0 saturated carbocycles. The molecule has 2 atom stereocenters. The molecule has 2 rings (SSSR count). The molecule has 1 aliphatic rings. The molecule has 1 N–H and O–H groups in total. The van der Waals surface area contributed by atoms with Crippen molar-refractivity contribution in [2.75, 3.05) is 7.05 Å². The van der Waals surface area contributed by atoms with Gasteiger partial charge >= 0.3 is 6.18 Å². The van der Waals surface area contributed by atoms with Gasteiger partial charge in [0.15, 0.2) is 0 Å². The smallest absolute Gasteiger partial charge is 0.389 e. The van der Waals surface area contributed by atoms with Crippen molar-refractivity contribution in [2.45, 2.75) is 44.5 Å². The maximum absolute atomic E-state index is 12.3. The molecule has 0 amide bonds. The van der Waals surface area contributed by atoms with Gasteiger partial charge in [0.1, 0.15) is 11.9 Å². The quantitative estimate of drug-likeness (QED) is 0.904. The molecule has 5 heteroatoms. The number of hydrogen-bond donors (Lipinski definition) is 1. The number of fused-ring (bicyclic) bond motifs is 1. The molecular weight excluding hydrogens is 255 g/mol. The highest BCUT2D eigenvalue weighted by molar-refractivity contribution is 5.41. The minimum Gasteiger partial charge on any atom is -0.490 e. The normalized spacial score (nSPS) is 19.9. The van der Waals surface area contributed by atoms with E-state index in [2.05, 4.69) is 5.32 Å². The van der Waals surface area contributed by atoms with Gasteiger partial charge in [0.25, 0.3) is 0 Å². The van der Waals surface area contributed by atoms with E-state index in [0.29, 0.717) is 0 Å². The Bertz CT molecular complexity index is 445. The molecule has 1 aromatic rings. The topological polar surface area (TPSA) is 21.3 Å². The van der Waals surface area contributed by atoms with Gasteiger partial charge in [-0.3, -0.25) is 0 Å². The van der Waals surface area contributed by atoms with Crippen LogP contribution in [0.3, 0.4) is 0 Å². The van der Waals surface area contributed by atoms with Gasteiger partial charge < -0.3 is 10.1 Å². The first-order valence-corrected chi connectivity index (χ1v) is 6.42. The predicted octanol–water partition coefficient (Wildman–Crippen LogP) is 3.61. The van der Waals surface area contributed by atoms with E-state index in [1.807, 2.05) is 25.1 Å². The fraction of sp³-hybridized carbons (Fsp3) is 0.571. The lowest BCUT2D eigenvalue weighted by atomic mass is 9.98. The Balaban J connectivity index is 2.09. The molecule has 0 aromatic heterocycles. The number of rotatable bonds is 4. The van der Waals surface area contributed by atoms with Crippen LogP contribution in [0.25, 0.3) is 0 Å². The first kappa shape index (κ1) is 14.2. The first-order valence-electron chi connectivity index (χ1n) is 6.42. The van der Waals surface area contributed by atoms with Crippen LogP contribution in [-0.2, 0) is 6.42 Å². The highest BCUT2D eigenvalue weighted by Crippen LogP contribution is 2.33. The number of nitrogens with one attached hydrogen (secondary N) is 1. The third-order valence-electron chi connectivity index (χ3n) is 3.39. The van der Waals surface area contributed by atoms with Crippen molar-refractivity contribution in [2.24, 2.45) is 0 Å². The Morgan fingerprint density at radius 1 is 1.42 bits per heavy atom. The van der Waals surface area contributed by atoms with Gasteiger partial charge in [-0.25, -0.2) is 0 Å². The Hall–Kier alpha value is -1.23. The van der Waals surface area contributed by atoms with Gasteiger partial charge in [0.2, 0.25) is 0 Å². The molecule has 0 saturated heterocycles. The van der Waals surface area contributed by atoms with Crippen molar-refractivity contribution in [3.8, 4) is 5.75 Å². The van der Waals surface area contributed by atoms with Crippen LogP contribution in [0.5, 0.6) is 5.75 Å². The van der Waals surface area contributed by atoms with Crippen molar-refractivity contribution in [3.63, 3.8) is 0 Å². The minimum atomic E-state index is -4.11. The summed E-state index contributed by atoms with van der Waals surface area (Å²) in [5.41, 5.74) is 1.97. The lowest BCUT2D eigenvalue weighted by Crippen LogP contribution is -2.19. The van der Waals surface area contributed by atoms with E-state index in [1.165, 1.54) is 0 Å². The van der Waals surface area contributed by atoms with Crippen LogP contribution >= 0.6 is 0 Å². The summed E-state index contributed by atoms with van der Waals surface area (Å²) in [4.78, 5) is 0. The number of halogens is 3. The third kappa shape index (κ3) is 3.62. The van der Waals surface area contributed by atoms with E-state index in [1.54, 1.807) is 7.05 Å². The molecule has 106 valence electrons. The van der Waals surface area contributed by atoms with Crippen LogP contribution in [0.2, 0.25) is 0 Å².